The van der Waals surface area contributed by atoms with Gasteiger partial charge in [-0.05, 0) is 72.0 Å². The van der Waals surface area contributed by atoms with Crippen LogP contribution in [0.2, 0.25) is 0 Å². The number of nitrogens with two attached hydrogens (primary N) is 1. The molecule has 0 aromatic heterocycles. The van der Waals surface area contributed by atoms with Gasteiger partial charge < -0.3 is 20.6 Å². The molecule has 3 N–H and O–H groups in total. The van der Waals surface area contributed by atoms with Gasteiger partial charge in [-0.1, -0.05) is 11.2 Å². The number of nitrogens with one attached hydrogen (secondary N) is 1. The van der Waals surface area contributed by atoms with Crippen LogP contribution in [0.5, 0.6) is 5.75 Å². The molecule has 24 heavy (non-hydrogen) atoms. The number of amides is 1. The van der Waals surface area contributed by atoms with Gasteiger partial charge in [-0.2, -0.15) is 0 Å². The maximum atomic E-state index is 12.1. The quantitative estimate of drug-likeness (QED) is 0.314. The fourth-order valence-electron chi connectivity index (χ4n) is 1.81. The highest BCUT2D eigenvalue weighted by atomic mass is 127. The molecule has 0 radical (unpaired) electrons. The van der Waals surface area contributed by atoms with Gasteiger partial charge in [0.25, 0.3) is 5.91 Å². The second kappa shape index (κ2) is 8.53. The average molecular weight is 439 g/mol. The molecular weight excluding hydrogens is 421 g/mol. The molecule has 126 valence electrons. The van der Waals surface area contributed by atoms with Crippen LogP contribution in [0, 0.1) is 3.57 Å². The van der Waals surface area contributed by atoms with Gasteiger partial charge in [-0.25, -0.2) is 0 Å². The molecule has 1 unspecified atom stereocenters. The summed E-state index contributed by atoms with van der Waals surface area (Å²) in [5.74, 6) is 0.604. The van der Waals surface area contributed by atoms with Gasteiger partial charge >= 0.3 is 0 Å². The van der Waals surface area contributed by atoms with Crippen molar-refractivity contribution in [3.05, 3.63) is 57.7 Å². The summed E-state index contributed by atoms with van der Waals surface area (Å²) in [5.41, 5.74) is 7.24. The van der Waals surface area contributed by atoms with Gasteiger partial charge in [0.2, 0.25) is 6.10 Å². The van der Waals surface area contributed by atoms with Crippen molar-refractivity contribution in [1.82, 2.24) is 0 Å². The van der Waals surface area contributed by atoms with Gasteiger partial charge in [0.1, 0.15) is 5.75 Å². The topological polar surface area (TPSA) is 85.9 Å². The summed E-state index contributed by atoms with van der Waals surface area (Å²) in [4.78, 5) is 17.3. The Morgan fingerprint density at radius 3 is 2.58 bits per heavy atom. The first-order chi connectivity index (χ1) is 11.5. The van der Waals surface area contributed by atoms with Crippen molar-refractivity contribution in [3.63, 3.8) is 0 Å². The molecule has 0 heterocycles. The highest BCUT2D eigenvalue weighted by Gasteiger charge is 2.15. The number of hydrogen-bond acceptors (Lipinski definition) is 4. The Hall–Kier alpha value is -2.29. The fraction of sp³-hybridized carbons (Fsp3) is 0.176. The molecule has 0 saturated carbocycles. The van der Waals surface area contributed by atoms with E-state index >= 15 is 0 Å². The maximum Gasteiger partial charge on any atom is 0.267 e. The minimum absolute atomic E-state index is 0.187. The summed E-state index contributed by atoms with van der Waals surface area (Å²) in [6.45, 7) is 1.61. The van der Waals surface area contributed by atoms with Crippen molar-refractivity contribution in [2.24, 2.45) is 10.9 Å². The number of anilines is 1. The lowest BCUT2D eigenvalue weighted by atomic mass is 10.2. The number of rotatable bonds is 6. The van der Waals surface area contributed by atoms with Crippen LogP contribution in [0.3, 0.4) is 0 Å². The molecule has 2 aromatic carbocycles. The Bertz CT molecular complexity index is 732. The largest absolute Gasteiger partial charge is 0.497 e. The predicted molar refractivity (Wildman–Crippen MR) is 102 cm³/mol. The van der Waals surface area contributed by atoms with E-state index in [4.69, 9.17) is 15.3 Å². The second-order valence-electron chi connectivity index (χ2n) is 4.95. The van der Waals surface area contributed by atoms with E-state index in [1.165, 1.54) is 0 Å². The number of hydrogen-bond donors (Lipinski definition) is 2. The van der Waals surface area contributed by atoms with Crippen LogP contribution in [0.15, 0.2) is 53.7 Å². The van der Waals surface area contributed by atoms with Crippen LogP contribution >= 0.6 is 22.6 Å². The first-order valence-corrected chi connectivity index (χ1v) is 8.27. The summed E-state index contributed by atoms with van der Waals surface area (Å²) < 4.78 is 6.11. The fourth-order valence-corrected chi connectivity index (χ4v) is 2.35. The normalized spacial score (nSPS) is 12.4. The summed E-state index contributed by atoms with van der Waals surface area (Å²) in [7, 11) is 1.59. The Labute approximate surface area is 154 Å². The van der Waals surface area contributed by atoms with E-state index in [2.05, 4.69) is 33.1 Å². The Morgan fingerprint density at radius 1 is 1.25 bits per heavy atom. The van der Waals surface area contributed by atoms with E-state index < -0.39 is 6.10 Å². The summed E-state index contributed by atoms with van der Waals surface area (Å²) in [6, 6.07) is 14.5. The lowest BCUT2D eigenvalue weighted by Crippen LogP contribution is -2.27. The SMILES string of the molecule is COc1ccc(C(N)=NOC(C)C(=O)Nc2cccc(I)c2)cc1. The number of halogens is 1. The van der Waals surface area contributed by atoms with Crippen LogP contribution in [-0.2, 0) is 9.63 Å². The number of methoxy groups -OCH3 is 1. The number of benzene rings is 2. The van der Waals surface area contributed by atoms with Crippen LogP contribution in [0.1, 0.15) is 12.5 Å². The summed E-state index contributed by atoms with van der Waals surface area (Å²) in [5, 5.41) is 6.59. The third-order valence-electron chi connectivity index (χ3n) is 3.16. The molecule has 0 aliphatic rings. The van der Waals surface area contributed by atoms with Gasteiger partial charge in [-0.3, -0.25) is 4.79 Å². The van der Waals surface area contributed by atoms with Crippen molar-refractivity contribution in [3.8, 4) is 5.75 Å². The zero-order chi connectivity index (χ0) is 17.5. The zero-order valence-corrected chi connectivity index (χ0v) is 15.5. The zero-order valence-electron chi connectivity index (χ0n) is 13.3. The monoisotopic (exact) mass is 439 g/mol. The molecule has 0 spiro atoms. The number of carbonyl (C=O) groups excluding carboxylic acids is 1. The van der Waals surface area contributed by atoms with E-state index in [0.717, 1.165) is 9.32 Å². The second-order valence-corrected chi connectivity index (χ2v) is 6.20. The lowest BCUT2D eigenvalue weighted by Gasteiger charge is -2.11. The van der Waals surface area contributed by atoms with E-state index in [0.29, 0.717) is 11.3 Å². The molecule has 0 saturated heterocycles. The molecule has 0 bridgehead atoms. The third-order valence-corrected chi connectivity index (χ3v) is 3.83. The van der Waals surface area contributed by atoms with Crippen molar-refractivity contribution in [1.29, 1.82) is 0 Å². The third kappa shape index (κ3) is 5.12. The standard InChI is InChI=1S/C17H18IN3O3/c1-11(17(22)20-14-5-3-4-13(18)10-14)24-21-16(19)12-6-8-15(23-2)9-7-12/h3-11H,1-2H3,(H2,19,21)(H,20,22). The van der Waals surface area contributed by atoms with E-state index in [9.17, 15) is 4.79 Å². The first-order valence-electron chi connectivity index (χ1n) is 7.19. The first kappa shape index (κ1) is 18.1. The van der Waals surface area contributed by atoms with Crippen LogP contribution < -0.4 is 15.8 Å². The van der Waals surface area contributed by atoms with Crippen LogP contribution in [0.4, 0.5) is 5.69 Å². The van der Waals surface area contributed by atoms with E-state index in [1.807, 2.05) is 24.3 Å². The molecule has 1 atom stereocenters. The van der Waals surface area contributed by atoms with Gasteiger partial charge in [0.05, 0.1) is 7.11 Å². The predicted octanol–water partition coefficient (Wildman–Crippen LogP) is 2.96. The van der Waals surface area contributed by atoms with Crippen LogP contribution in [0.25, 0.3) is 0 Å². The van der Waals surface area contributed by atoms with Gasteiger partial charge in [-0.15, -0.1) is 0 Å². The molecule has 0 aliphatic carbocycles. The number of ether oxygens (including phenoxy) is 1. The van der Waals surface area contributed by atoms with E-state index in [1.54, 1.807) is 38.3 Å². The molecule has 0 fully saturated rings. The number of carbonyl (C=O) groups is 1. The summed E-state index contributed by atoms with van der Waals surface area (Å²) in [6.07, 6.45) is -0.778. The minimum Gasteiger partial charge on any atom is -0.497 e. The molecule has 1 amide bonds. The minimum atomic E-state index is -0.778. The number of amidine groups is 1. The van der Waals surface area contributed by atoms with Crippen molar-refractivity contribution in [2.75, 3.05) is 12.4 Å². The molecule has 2 rings (SSSR count). The Balaban J connectivity index is 1.94. The average Bonchev–Trinajstić information content (AvgIpc) is 2.59. The van der Waals surface area contributed by atoms with Crippen molar-refractivity contribution in [2.45, 2.75) is 13.0 Å². The highest BCUT2D eigenvalue weighted by molar-refractivity contribution is 14.1. The molecule has 6 nitrogen and oxygen atoms in total. The Morgan fingerprint density at radius 2 is 1.96 bits per heavy atom. The summed E-state index contributed by atoms with van der Waals surface area (Å²) >= 11 is 2.18. The molecule has 0 aliphatic heterocycles. The van der Waals surface area contributed by atoms with Crippen LogP contribution in [-0.4, -0.2) is 25.0 Å². The number of nitrogens with zero attached hydrogens (tertiary/aromatic N) is 1. The van der Waals surface area contributed by atoms with Gasteiger partial charge in [0, 0.05) is 14.8 Å². The highest BCUT2D eigenvalue weighted by Crippen LogP contribution is 2.13. The number of oxime groups is 1. The van der Waals surface area contributed by atoms with Gasteiger partial charge in [0.15, 0.2) is 5.84 Å². The molecular formula is C17H18IN3O3. The van der Waals surface area contributed by atoms with E-state index in [-0.39, 0.29) is 11.7 Å². The van der Waals surface area contributed by atoms with Crippen molar-refractivity contribution >= 4 is 40.0 Å². The smallest absolute Gasteiger partial charge is 0.267 e. The maximum absolute atomic E-state index is 12.1. The molecule has 7 heteroatoms. The van der Waals surface area contributed by atoms with Crippen molar-refractivity contribution < 1.29 is 14.4 Å². The Kier molecular flexibility index (Phi) is 6.42. The lowest BCUT2D eigenvalue weighted by molar-refractivity contribution is -0.126. The molecule has 2 aromatic rings.